The van der Waals surface area contributed by atoms with Gasteiger partial charge in [0.25, 0.3) is 0 Å². The van der Waals surface area contributed by atoms with E-state index in [1.165, 1.54) is 5.56 Å². The Morgan fingerprint density at radius 2 is 2.10 bits per heavy atom. The third kappa shape index (κ3) is 5.80. The number of amides is 1. The normalized spacial score (nSPS) is 18.8. The minimum absolute atomic E-state index is 0.0677. The second-order valence-electron chi connectivity index (χ2n) is 8.94. The molecule has 0 unspecified atom stereocenters. The van der Waals surface area contributed by atoms with Crippen molar-refractivity contribution in [3.63, 3.8) is 0 Å². The Kier molecular flexibility index (Phi) is 6.91. The zero-order chi connectivity index (χ0) is 20.9. The van der Waals surface area contributed by atoms with Crippen LogP contribution < -0.4 is 10.1 Å². The van der Waals surface area contributed by atoms with E-state index in [0.717, 1.165) is 43.9 Å². The van der Waals surface area contributed by atoms with E-state index in [0.29, 0.717) is 5.92 Å². The van der Waals surface area contributed by atoms with Crippen LogP contribution in [0.3, 0.4) is 0 Å². The first-order valence-corrected chi connectivity index (χ1v) is 10.4. The summed E-state index contributed by atoms with van der Waals surface area (Å²) in [6.45, 7) is 8.74. The molecule has 2 heterocycles. The van der Waals surface area contributed by atoms with E-state index in [-0.39, 0.29) is 11.9 Å². The monoisotopic (exact) mass is 395 g/mol. The summed E-state index contributed by atoms with van der Waals surface area (Å²) in [5.41, 5.74) is 1.76. The Bertz CT molecular complexity index is 801. The third-order valence-electron chi connectivity index (χ3n) is 5.53. The number of methoxy groups -OCH3 is 1. The Morgan fingerprint density at radius 3 is 2.79 bits per heavy atom. The van der Waals surface area contributed by atoms with Crippen LogP contribution in [0.15, 0.2) is 48.7 Å². The van der Waals surface area contributed by atoms with Gasteiger partial charge in [-0.2, -0.15) is 0 Å². The van der Waals surface area contributed by atoms with Gasteiger partial charge in [-0.15, -0.1) is 0 Å². The van der Waals surface area contributed by atoms with E-state index in [2.05, 4.69) is 27.3 Å². The number of benzene rings is 1. The van der Waals surface area contributed by atoms with E-state index < -0.39 is 5.41 Å². The summed E-state index contributed by atoms with van der Waals surface area (Å²) in [6.07, 6.45) is 4.01. The highest BCUT2D eigenvalue weighted by Crippen LogP contribution is 2.31. The number of carbonyl (C=O) groups is 1. The predicted octanol–water partition coefficient (Wildman–Crippen LogP) is 4.21. The van der Waals surface area contributed by atoms with Crippen molar-refractivity contribution >= 4 is 5.91 Å². The fourth-order valence-electron chi connectivity index (χ4n) is 3.89. The second kappa shape index (κ2) is 9.40. The van der Waals surface area contributed by atoms with Gasteiger partial charge in [0.15, 0.2) is 0 Å². The first-order valence-electron chi connectivity index (χ1n) is 10.4. The zero-order valence-electron chi connectivity index (χ0n) is 18.0. The maximum atomic E-state index is 12.8. The standard InChI is InChI=1S/C24H33N3O2/c1-24(2,3)23(28)26-22(21-12-5-6-13-25-21)19-10-8-14-27(17-19)16-18-9-7-11-20(15-18)29-4/h5-7,9,11-13,15,19,22H,8,10,14,16-17H2,1-4H3,(H,26,28)/t19-,22+/m0/s1. The number of hydrogen-bond donors (Lipinski definition) is 1. The van der Waals surface area contributed by atoms with Crippen molar-refractivity contribution in [3.05, 3.63) is 59.9 Å². The van der Waals surface area contributed by atoms with Crippen LogP contribution in [0.2, 0.25) is 0 Å². The number of piperidine rings is 1. The van der Waals surface area contributed by atoms with Gasteiger partial charge < -0.3 is 10.1 Å². The highest BCUT2D eigenvalue weighted by atomic mass is 16.5. The molecule has 1 aliphatic rings. The minimum Gasteiger partial charge on any atom is -0.497 e. The van der Waals surface area contributed by atoms with Crippen molar-refractivity contribution in [1.29, 1.82) is 0 Å². The lowest BCUT2D eigenvalue weighted by atomic mass is 9.86. The number of pyridine rings is 1. The molecule has 156 valence electrons. The van der Waals surface area contributed by atoms with Crippen molar-refractivity contribution in [3.8, 4) is 5.75 Å². The number of hydrogen-bond acceptors (Lipinski definition) is 4. The minimum atomic E-state index is -0.429. The van der Waals surface area contributed by atoms with E-state index in [4.69, 9.17) is 4.74 Å². The molecular formula is C24H33N3O2. The topological polar surface area (TPSA) is 54.5 Å². The van der Waals surface area contributed by atoms with Crippen LogP contribution in [0.5, 0.6) is 5.75 Å². The van der Waals surface area contributed by atoms with Crippen LogP contribution in [0.1, 0.15) is 50.9 Å². The van der Waals surface area contributed by atoms with E-state index in [9.17, 15) is 4.79 Å². The lowest BCUT2D eigenvalue weighted by Gasteiger charge is -2.38. The largest absolute Gasteiger partial charge is 0.497 e. The average Bonchev–Trinajstić information content (AvgIpc) is 2.72. The Labute approximate surface area is 174 Å². The molecule has 0 saturated carbocycles. The van der Waals surface area contributed by atoms with Crippen LogP contribution in [0.4, 0.5) is 0 Å². The van der Waals surface area contributed by atoms with Crippen molar-refractivity contribution in [1.82, 2.24) is 15.2 Å². The summed E-state index contributed by atoms with van der Waals surface area (Å²) in [4.78, 5) is 19.8. The summed E-state index contributed by atoms with van der Waals surface area (Å²) in [5.74, 6) is 1.29. The van der Waals surface area contributed by atoms with E-state index >= 15 is 0 Å². The molecule has 0 radical (unpaired) electrons. The second-order valence-corrected chi connectivity index (χ2v) is 8.94. The summed E-state index contributed by atoms with van der Waals surface area (Å²) in [6, 6.07) is 14.1. The number of likely N-dealkylation sites (tertiary alicyclic amines) is 1. The van der Waals surface area contributed by atoms with E-state index in [1.807, 2.05) is 57.3 Å². The molecule has 0 bridgehead atoms. The molecule has 3 rings (SSSR count). The molecule has 5 nitrogen and oxygen atoms in total. The highest BCUT2D eigenvalue weighted by Gasteiger charge is 2.33. The summed E-state index contributed by atoms with van der Waals surface area (Å²) in [7, 11) is 1.70. The Balaban J connectivity index is 1.75. The number of rotatable bonds is 6. The maximum absolute atomic E-state index is 12.8. The maximum Gasteiger partial charge on any atom is 0.225 e. The summed E-state index contributed by atoms with van der Waals surface area (Å²) < 4.78 is 5.36. The van der Waals surface area contributed by atoms with Crippen LogP contribution >= 0.6 is 0 Å². The molecule has 1 aliphatic heterocycles. The molecular weight excluding hydrogens is 362 g/mol. The first-order chi connectivity index (χ1) is 13.9. The van der Waals surface area contributed by atoms with Gasteiger partial charge in [-0.3, -0.25) is 14.7 Å². The third-order valence-corrected chi connectivity index (χ3v) is 5.53. The number of aromatic nitrogens is 1. The van der Waals surface area contributed by atoms with Gasteiger partial charge in [-0.1, -0.05) is 39.0 Å². The molecule has 0 aliphatic carbocycles. The van der Waals surface area contributed by atoms with Crippen molar-refractivity contribution in [2.75, 3.05) is 20.2 Å². The molecule has 2 atom stereocenters. The van der Waals surface area contributed by atoms with Gasteiger partial charge in [0.2, 0.25) is 5.91 Å². The van der Waals surface area contributed by atoms with Crippen molar-refractivity contribution in [2.24, 2.45) is 11.3 Å². The molecule has 1 aromatic carbocycles. The Morgan fingerprint density at radius 1 is 1.28 bits per heavy atom. The quantitative estimate of drug-likeness (QED) is 0.796. The van der Waals surface area contributed by atoms with Crippen LogP contribution in [-0.4, -0.2) is 36.0 Å². The van der Waals surface area contributed by atoms with Gasteiger partial charge in [0, 0.05) is 24.7 Å². The molecule has 29 heavy (non-hydrogen) atoms. The van der Waals surface area contributed by atoms with Crippen LogP contribution in [-0.2, 0) is 11.3 Å². The van der Waals surface area contributed by atoms with Gasteiger partial charge in [-0.05, 0) is 55.1 Å². The zero-order valence-corrected chi connectivity index (χ0v) is 18.0. The van der Waals surface area contributed by atoms with Crippen LogP contribution in [0, 0.1) is 11.3 Å². The van der Waals surface area contributed by atoms with Gasteiger partial charge in [-0.25, -0.2) is 0 Å². The first kappa shape index (κ1) is 21.3. The van der Waals surface area contributed by atoms with Crippen molar-refractivity contribution < 1.29 is 9.53 Å². The lowest BCUT2D eigenvalue weighted by molar-refractivity contribution is -0.130. The number of nitrogens with one attached hydrogen (secondary N) is 1. The molecule has 1 N–H and O–H groups in total. The highest BCUT2D eigenvalue weighted by molar-refractivity contribution is 5.81. The fourth-order valence-corrected chi connectivity index (χ4v) is 3.89. The predicted molar refractivity (Wildman–Crippen MR) is 116 cm³/mol. The van der Waals surface area contributed by atoms with Gasteiger partial charge in [0.1, 0.15) is 5.75 Å². The SMILES string of the molecule is COc1cccc(CN2CCC[C@H]([C@@H](NC(=O)C(C)(C)C)c3ccccn3)C2)c1. The van der Waals surface area contributed by atoms with Gasteiger partial charge in [0.05, 0.1) is 18.8 Å². The molecule has 1 amide bonds. The summed E-state index contributed by atoms with van der Waals surface area (Å²) >= 11 is 0. The van der Waals surface area contributed by atoms with Gasteiger partial charge >= 0.3 is 0 Å². The molecule has 1 fully saturated rings. The van der Waals surface area contributed by atoms with Crippen LogP contribution in [0.25, 0.3) is 0 Å². The Hall–Kier alpha value is -2.40. The molecule has 5 heteroatoms. The number of ether oxygens (including phenoxy) is 1. The fraction of sp³-hybridized carbons (Fsp3) is 0.500. The lowest BCUT2D eigenvalue weighted by Crippen LogP contribution is -2.45. The molecule has 2 aromatic rings. The van der Waals surface area contributed by atoms with Crippen molar-refractivity contribution in [2.45, 2.75) is 46.2 Å². The average molecular weight is 396 g/mol. The smallest absolute Gasteiger partial charge is 0.225 e. The molecule has 1 aromatic heterocycles. The number of nitrogens with zero attached hydrogens (tertiary/aromatic N) is 2. The number of carbonyl (C=O) groups excluding carboxylic acids is 1. The summed E-state index contributed by atoms with van der Waals surface area (Å²) in [5, 5.41) is 3.30. The van der Waals surface area contributed by atoms with E-state index in [1.54, 1.807) is 7.11 Å². The molecule has 0 spiro atoms. The molecule has 1 saturated heterocycles.